The molecule has 0 bridgehead atoms. The predicted octanol–water partition coefficient (Wildman–Crippen LogP) is 2.36. The van der Waals surface area contributed by atoms with E-state index in [0.717, 1.165) is 6.42 Å². The van der Waals surface area contributed by atoms with E-state index < -0.39 is 0 Å². The molecule has 1 aliphatic rings. The molecule has 0 saturated carbocycles. The van der Waals surface area contributed by atoms with Crippen LogP contribution < -0.4 is 11.3 Å². The standard InChI is InChI=1S/C11H18N2S3/c1-8-11(16-5-4-15-8)10(13-12)6-9-2-3-14-7-9/h2-3,7-8,10-11,13H,4-6,12H2,1H3. The number of nitrogens with one attached hydrogen (secondary N) is 1. The van der Waals surface area contributed by atoms with Crippen LogP contribution in [0.3, 0.4) is 0 Å². The Morgan fingerprint density at radius 3 is 2.94 bits per heavy atom. The molecule has 3 N–H and O–H groups in total. The molecule has 2 heterocycles. The van der Waals surface area contributed by atoms with Crippen LogP contribution in [0.4, 0.5) is 0 Å². The van der Waals surface area contributed by atoms with E-state index in [4.69, 9.17) is 5.84 Å². The quantitative estimate of drug-likeness (QED) is 0.653. The van der Waals surface area contributed by atoms with Crippen LogP contribution in [-0.4, -0.2) is 28.0 Å². The Morgan fingerprint density at radius 1 is 1.50 bits per heavy atom. The molecule has 3 unspecified atom stereocenters. The van der Waals surface area contributed by atoms with Crippen molar-refractivity contribution in [1.29, 1.82) is 0 Å². The highest BCUT2D eigenvalue weighted by Crippen LogP contribution is 2.33. The number of rotatable bonds is 4. The highest BCUT2D eigenvalue weighted by molar-refractivity contribution is 8.07. The highest BCUT2D eigenvalue weighted by atomic mass is 32.2. The topological polar surface area (TPSA) is 38.0 Å². The maximum absolute atomic E-state index is 5.71. The third kappa shape index (κ3) is 3.17. The number of hydrogen-bond donors (Lipinski definition) is 2. The molecule has 0 aromatic carbocycles. The van der Waals surface area contributed by atoms with Gasteiger partial charge < -0.3 is 0 Å². The highest BCUT2D eigenvalue weighted by Gasteiger charge is 2.29. The first-order valence-electron chi connectivity index (χ1n) is 5.51. The van der Waals surface area contributed by atoms with Gasteiger partial charge in [0.2, 0.25) is 0 Å². The van der Waals surface area contributed by atoms with Crippen LogP contribution in [0.2, 0.25) is 0 Å². The second-order valence-electron chi connectivity index (χ2n) is 4.02. The zero-order valence-electron chi connectivity index (χ0n) is 9.39. The maximum atomic E-state index is 5.71. The van der Waals surface area contributed by atoms with Gasteiger partial charge in [-0.05, 0) is 28.8 Å². The van der Waals surface area contributed by atoms with E-state index in [0.29, 0.717) is 16.5 Å². The van der Waals surface area contributed by atoms with Gasteiger partial charge in [0.05, 0.1) is 0 Å². The van der Waals surface area contributed by atoms with Crippen molar-refractivity contribution in [2.45, 2.75) is 29.9 Å². The van der Waals surface area contributed by atoms with E-state index in [9.17, 15) is 0 Å². The third-order valence-electron chi connectivity index (χ3n) is 2.88. The Labute approximate surface area is 110 Å². The van der Waals surface area contributed by atoms with Crippen molar-refractivity contribution >= 4 is 34.9 Å². The summed E-state index contributed by atoms with van der Waals surface area (Å²) >= 11 is 5.89. The largest absolute Gasteiger partial charge is 0.271 e. The van der Waals surface area contributed by atoms with Crippen LogP contribution in [0.5, 0.6) is 0 Å². The minimum absolute atomic E-state index is 0.391. The monoisotopic (exact) mass is 274 g/mol. The normalized spacial score (nSPS) is 27.9. The number of hydrogen-bond acceptors (Lipinski definition) is 5. The summed E-state index contributed by atoms with van der Waals surface area (Å²) in [6.45, 7) is 2.32. The van der Waals surface area contributed by atoms with Crippen LogP contribution in [-0.2, 0) is 6.42 Å². The SMILES string of the molecule is CC1SCCSC1C(Cc1ccsc1)NN. The maximum Gasteiger partial charge on any atom is 0.0380 e. The van der Waals surface area contributed by atoms with E-state index in [2.05, 4.69) is 52.7 Å². The molecular weight excluding hydrogens is 256 g/mol. The molecule has 0 aliphatic carbocycles. The van der Waals surface area contributed by atoms with Gasteiger partial charge in [-0.1, -0.05) is 6.92 Å². The molecular formula is C11H18N2S3. The number of thiophene rings is 1. The summed E-state index contributed by atoms with van der Waals surface area (Å²) in [5.74, 6) is 8.24. The van der Waals surface area contributed by atoms with Gasteiger partial charge in [0.15, 0.2) is 0 Å². The molecule has 1 aliphatic heterocycles. The summed E-state index contributed by atoms with van der Waals surface area (Å²) in [5.41, 5.74) is 4.41. The number of hydrazine groups is 1. The van der Waals surface area contributed by atoms with Gasteiger partial charge in [-0.25, -0.2) is 0 Å². The Balaban J connectivity index is 1.98. The molecule has 0 radical (unpaired) electrons. The first kappa shape index (κ1) is 12.8. The zero-order valence-corrected chi connectivity index (χ0v) is 11.8. The van der Waals surface area contributed by atoms with Crippen LogP contribution >= 0.6 is 34.9 Å². The molecule has 0 amide bonds. The van der Waals surface area contributed by atoms with Crippen LogP contribution in [0.1, 0.15) is 12.5 Å². The number of nitrogens with two attached hydrogens (primary N) is 1. The summed E-state index contributed by atoms with van der Waals surface area (Å²) < 4.78 is 0. The molecule has 3 atom stereocenters. The molecule has 1 fully saturated rings. The lowest BCUT2D eigenvalue weighted by atomic mass is 10.0. The van der Waals surface area contributed by atoms with Gasteiger partial charge in [0.25, 0.3) is 0 Å². The first-order chi connectivity index (χ1) is 7.81. The predicted molar refractivity (Wildman–Crippen MR) is 77.3 cm³/mol. The van der Waals surface area contributed by atoms with Gasteiger partial charge in [0, 0.05) is 28.0 Å². The molecule has 1 aromatic heterocycles. The third-order valence-corrected chi connectivity index (χ3v) is 6.87. The smallest absolute Gasteiger partial charge is 0.0380 e. The Hall–Kier alpha value is 0.320. The Morgan fingerprint density at radius 2 is 2.31 bits per heavy atom. The summed E-state index contributed by atoms with van der Waals surface area (Å²) in [7, 11) is 0. The molecule has 90 valence electrons. The van der Waals surface area contributed by atoms with Crippen molar-refractivity contribution in [2.75, 3.05) is 11.5 Å². The van der Waals surface area contributed by atoms with Crippen molar-refractivity contribution < 1.29 is 0 Å². The lowest BCUT2D eigenvalue weighted by Crippen LogP contribution is -2.48. The minimum Gasteiger partial charge on any atom is -0.271 e. The van der Waals surface area contributed by atoms with Crippen molar-refractivity contribution in [3.8, 4) is 0 Å². The summed E-state index contributed by atoms with van der Waals surface area (Å²) in [5, 5.41) is 5.67. The van der Waals surface area contributed by atoms with E-state index in [1.807, 2.05) is 0 Å². The fourth-order valence-corrected chi connectivity index (χ4v) is 5.65. The van der Waals surface area contributed by atoms with E-state index in [1.54, 1.807) is 11.3 Å². The molecule has 2 nitrogen and oxygen atoms in total. The number of thioether (sulfide) groups is 2. The average Bonchev–Trinajstić information content (AvgIpc) is 2.80. The summed E-state index contributed by atoms with van der Waals surface area (Å²) in [4.78, 5) is 0. The molecule has 2 rings (SSSR count). The van der Waals surface area contributed by atoms with E-state index in [-0.39, 0.29) is 0 Å². The Bertz CT molecular complexity index is 302. The summed E-state index contributed by atoms with van der Waals surface area (Å²) in [6.07, 6.45) is 1.04. The van der Waals surface area contributed by atoms with Crippen LogP contribution in [0, 0.1) is 0 Å². The second-order valence-corrected chi connectivity index (χ2v) is 7.57. The van der Waals surface area contributed by atoms with Crippen LogP contribution in [0.15, 0.2) is 16.8 Å². The minimum atomic E-state index is 0.391. The lowest BCUT2D eigenvalue weighted by Gasteiger charge is -2.34. The molecule has 16 heavy (non-hydrogen) atoms. The first-order valence-corrected chi connectivity index (χ1v) is 8.55. The molecule has 1 aromatic rings. The molecule has 0 spiro atoms. The lowest BCUT2D eigenvalue weighted by molar-refractivity contribution is 0.502. The van der Waals surface area contributed by atoms with Gasteiger partial charge in [-0.3, -0.25) is 11.3 Å². The fraction of sp³-hybridized carbons (Fsp3) is 0.636. The van der Waals surface area contributed by atoms with Crippen molar-refractivity contribution in [3.63, 3.8) is 0 Å². The van der Waals surface area contributed by atoms with Gasteiger partial charge in [-0.15, -0.1) is 0 Å². The van der Waals surface area contributed by atoms with Gasteiger partial charge >= 0.3 is 0 Å². The van der Waals surface area contributed by atoms with Crippen molar-refractivity contribution in [3.05, 3.63) is 22.4 Å². The Kier molecular flexibility index (Phi) is 5.03. The van der Waals surface area contributed by atoms with Gasteiger partial charge in [-0.2, -0.15) is 34.9 Å². The molecule has 1 saturated heterocycles. The summed E-state index contributed by atoms with van der Waals surface area (Å²) in [6, 6.07) is 2.59. The van der Waals surface area contributed by atoms with Crippen molar-refractivity contribution in [2.24, 2.45) is 5.84 Å². The van der Waals surface area contributed by atoms with E-state index >= 15 is 0 Å². The van der Waals surface area contributed by atoms with Crippen LogP contribution in [0.25, 0.3) is 0 Å². The molecule has 5 heteroatoms. The zero-order chi connectivity index (χ0) is 11.4. The van der Waals surface area contributed by atoms with Gasteiger partial charge in [0.1, 0.15) is 0 Å². The second kappa shape index (κ2) is 6.31. The van der Waals surface area contributed by atoms with E-state index in [1.165, 1.54) is 17.1 Å². The average molecular weight is 274 g/mol. The fourth-order valence-electron chi connectivity index (χ4n) is 2.02. The van der Waals surface area contributed by atoms with Crippen molar-refractivity contribution in [1.82, 2.24) is 5.43 Å².